The summed E-state index contributed by atoms with van der Waals surface area (Å²) in [6.45, 7) is 0. The van der Waals surface area contributed by atoms with Crippen LogP contribution < -0.4 is 5.46 Å². The number of hydrogen-bond donors (Lipinski definition) is 0. The third-order valence-corrected chi connectivity index (χ3v) is 1.68. The lowest BCUT2D eigenvalue weighted by atomic mass is 9.95. The monoisotopic (exact) mass is 130 g/mol. The van der Waals surface area contributed by atoms with Crippen LogP contribution in [0.5, 0.6) is 0 Å². The van der Waals surface area contributed by atoms with E-state index in [0.717, 1.165) is 5.58 Å². The maximum atomic E-state index is 5.25. The van der Waals surface area contributed by atoms with Crippen molar-refractivity contribution in [2.24, 2.45) is 0 Å². The smallest absolute Gasteiger partial charge is 0.144 e. The van der Waals surface area contributed by atoms with Crippen LogP contribution in [0.15, 0.2) is 34.9 Å². The highest BCUT2D eigenvalue weighted by molar-refractivity contribution is 6.37. The summed E-state index contributed by atoms with van der Waals surface area (Å²) >= 11 is 0. The highest BCUT2D eigenvalue weighted by atomic mass is 16.3. The van der Waals surface area contributed by atoms with Gasteiger partial charge in [-0.1, -0.05) is 18.2 Å². The van der Waals surface area contributed by atoms with Gasteiger partial charge < -0.3 is 4.42 Å². The Kier molecular flexibility index (Phi) is 1.07. The van der Waals surface area contributed by atoms with E-state index in [9.17, 15) is 0 Å². The van der Waals surface area contributed by atoms with Crippen molar-refractivity contribution in [3.63, 3.8) is 0 Å². The largest absolute Gasteiger partial charge is 0.465 e. The van der Waals surface area contributed by atoms with Crippen molar-refractivity contribution in [2.75, 3.05) is 0 Å². The van der Waals surface area contributed by atoms with Gasteiger partial charge in [0, 0.05) is 5.39 Å². The van der Waals surface area contributed by atoms with Crippen LogP contribution in [0.3, 0.4) is 0 Å². The molecule has 0 radical (unpaired) electrons. The first-order valence-electron chi connectivity index (χ1n) is 3.31. The van der Waals surface area contributed by atoms with Crippen LogP contribution in [0.1, 0.15) is 0 Å². The maximum Gasteiger partial charge on any atom is 0.144 e. The summed E-state index contributed by atoms with van der Waals surface area (Å²) in [7, 11) is 2.05. The molecule has 0 atom stereocenters. The molecule has 0 amide bonds. The SMILES string of the molecule is Bc1cccc2ccoc12. The number of hydrogen-bond acceptors (Lipinski definition) is 1. The fraction of sp³-hybridized carbons (Fsp3) is 0. The molecule has 0 fully saturated rings. The van der Waals surface area contributed by atoms with Gasteiger partial charge in [0.1, 0.15) is 13.4 Å². The van der Waals surface area contributed by atoms with Crippen molar-refractivity contribution >= 4 is 24.3 Å². The van der Waals surface area contributed by atoms with E-state index in [0.29, 0.717) is 0 Å². The molecule has 48 valence electrons. The molecule has 1 nitrogen and oxygen atoms in total. The first-order chi connectivity index (χ1) is 4.88. The number of furan rings is 1. The van der Waals surface area contributed by atoms with Crippen LogP contribution in [0.2, 0.25) is 0 Å². The molecule has 0 bridgehead atoms. The minimum Gasteiger partial charge on any atom is -0.465 e. The summed E-state index contributed by atoms with van der Waals surface area (Å²) in [5.74, 6) is 0. The van der Waals surface area contributed by atoms with E-state index in [1.165, 1.54) is 10.8 Å². The minimum atomic E-state index is 1.00. The van der Waals surface area contributed by atoms with Crippen LogP contribution in [0, 0.1) is 0 Å². The molecule has 0 N–H and O–H groups in total. The van der Waals surface area contributed by atoms with Gasteiger partial charge in [-0.25, -0.2) is 0 Å². The van der Waals surface area contributed by atoms with E-state index in [-0.39, 0.29) is 0 Å². The first kappa shape index (κ1) is 5.60. The zero-order valence-electron chi connectivity index (χ0n) is 5.79. The predicted octanol–water partition coefficient (Wildman–Crippen LogP) is 0.691. The highest BCUT2D eigenvalue weighted by Crippen LogP contribution is 2.10. The van der Waals surface area contributed by atoms with Crippen molar-refractivity contribution in [1.82, 2.24) is 0 Å². The molecule has 2 aromatic rings. The summed E-state index contributed by atoms with van der Waals surface area (Å²) in [4.78, 5) is 0. The Morgan fingerprint density at radius 1 is 1.20 bits per heavy atom. The molecular weight excluding hydrogens is 123 g/mol. The Bertz CT molecular complexity index is 351. The molecule has 0 aliphatic rings. The molecule has 0 aliphatic heterocycles. The zero-order valence-corrected chi connectivity index (χ0v) is 5.79. The summed E-state index contributed by atoms with van der Waals surface area (Å²) in [5, 5.41) is 1.18. The van der Waals surface area contributed by atoms with E-state index in [2.05, 4.69) is 0 Å². The second kappa shape index (κ2) is 1.91. The molecule has 2 heteroatoms. The fourth-order valence-electron chi connectivity index (χ4n) is 1.14. The van der Waals surface area contributed by atoms with Gasteiger partial charge in [-0.2, -0.15) is 0 Å². The highest BCUT2D eigenvalue weighted by Gasteiger charge is 1.96. The molecule has 1 aromatic heterocycles. The van der Waals surface area contributed by atoms with Gasteiger partial charge in [0.15, 0.2) is 0 Å². The topological polar surface area (TPSA) is 13.1 Å². The number of fused-ring (bicyclic) bond motifs is 1. The van der Waals surface area contributed by atoms with Gasteiger partial charge in [-0.15, -0.1) is 0 Å². The Balaban J connectivity index is 2.95. The number of rotatable bonds is 0. The van der Waals surface area contributed by atoms with E-state index in [4.69, 9.17) is 4.42 Å². The summed E-state index contributed by atoms with van der Waals surface area (Å²) in [6, 6.07) is 8.10. The molecule has 1 aromatic carbocycles. The van der Waals surface area contributed by atoms with Gasteiger partial charge in [0.2, 0.25) is 0 Å². The molecule has 0 saturated heterocycles. The van der Waals surface area contributed by atoms with E-state index in [1.54, 1.807) is 6.26 Å². The minimum absolute atomic E-state index is 1.00. The Morgan fingerprint density at radius 3 is 2.90 bits per heavy atom. The predicted molar refractivity (Wildman–Crippen MR) is 44.4 cm³/mol. The quantitative estimate of drug-likeness (QED) is 0.478. The average Bonchev–Trinajstić information content (AvgIpc) is 2.36. The van der Waals surface area contributed by atoms with Crippen LogP contribution >= 0.6 is 0 Å². The second-order valence-corrected chi connectivity index (χ2v) is 2.41. The molecule has 2 rings (SSSR count). The van der Waals surface area contributed by atoms with Crippen LogP contribution in [-0.4, -0.2) is 7.85 Å². The molecular formula is C8H7BO. The maximum absolute atomic E-state index is 5.25. The summed E-state index contributed by atoms with van der Waals surface area (Å²) in [5.41, 5.74) is 2.20. The number of para-hydroxylation sites is 1. The van der Waals surface area contributed by atoms with Crippen LogP contribution in [0.4, 0.5) is 0 Å². The second-order valence-electron chi connectivity index (χ2n) is 2.41. The molecule has 1 heterocycles. The average molecular weight is 130 g/mol. The molecule has 10 heavy (non-hydrogen) atoms. The van der Waals surface area contributed by atoms with Gasteiger partial charge in [0.05, 0.1) is 6.26 Å². The van der Waals surface area contributed by atoms with Crippen molar-refractivity contribution in [1.29, 1.82) is 0 Å². The standard InChI is InChI=1S/C8H7BO/c9-7-3-1-2-6-4-5-10-8(6)7/h1-5H,9H2. The van der Waals surface area contributed by atoms with Crippen LogP contribution in [-0.2, 0) is 0 Å². The lowest BCUT2D eigenvalue weighted by Gasteiger charge is -1.90. The Morgan fingerprint density at radius 2 is 2.10 bits per heavy atom. The third kappa shape index (κ3) is 0.653. The van der Waals surface area contributed by atoms with Gasteiger partial charge in [-0.05, 0) is 11.5 Å². The van der Waals surface area contributed by atoms with Crippen molar-refractivity contribution in [3.8, 4) is 0 Å². The van der Waals surface area contributed by atoms with E-state index >= 15 is 0 Å². The molecule has 0 unspecified atom stereocenters. The van der Waals surface area contributed by atoms with E-state index < -0.39 is 0 Å². The lowest BCUT2D eigenvalue weighted by Crippen LogP contribution is -2.00. The van der Waals surface area contributed by atoms with Gasteiger partial charge in [-0.3, -0.25) is 0 Å². The van der Waals surface area contributed by atoms with E-state index in [1.807, 2.05) is 32.1 Å². The van der Waals surface area contributed by atoms with Gasteiger partial charge in [0.25, 0.3) is 0 Å². The Hall–Kier alpha value is -1.18. The first-order valence-corrected chi connectivity index (χ1v) is 3.31. The number of benzene rings is 1. The Labute approximate surface area is 60.1 Å². The fourth-order valence-corrected chi connectivity index (χ4v) is 1.14. The van der Waals surface area contributed by atoms with Crippen molar-refractivity contribution in [3.05, 3.63) is 30.5 Å². The zero-order chi connectivity index (χ0) is 6.97. The van der Waals surface area contributed by atoms with Gasteiger partial charge >= 0.3 is 0 Å². The van der Waals surface area contributed by atoms with Crippen molar-refractivity contribution < 1.29 is 4.42 Å². The molecule has 0 aliphatic carbocycles. The van der Waals surface area contributed by atoms with Crippen LogP contribution in [0.25, 0.3) is 11.0 Å². The van der Waals surface area contributed by atoms with Crippen molar-refractivity contribution in [2.45, 2.75) is 0 Å². The molecule has 0 saturated carbocycles. The molecule has 0 spiro atoms. The lowest BCUT2D eigenvalue weighted by molar-refractivity contribution is 0.618. The third-order valence-electron chi connectivity index (χ3n) is 1.68. The normalized spacial score (nSPS) is 10.4. The summed E-state index contributed by atoms with van der Waals surface area (Å²) < 4.78 is 5.25. The summed E-state index contributed by atoms with van der Waals surface area (Å²) in [6.07, 6.45) is 1.72.